The van der Waals surface area contributed by atoms with E-state index >= 15 is 0 Å². The molecule has 0 amide bonds. The molecule has 0 saturated carbocycles. The van der Waals surface area contributed by atoms with E-state index in [1.165, 1.54) is 10.4 Å². The average Bonchev–Trinajstić information content (AvgIpc) is 2.74. The van der Waals surface area contributed by atoms with Crippen molar-refractivity contribution in [2.45, 2.75) is 12.8 Å². The van der Waals surface area contributed by atoms with Crippen LogP contribution >= 0.6 is 38.9 Å². The molecule has 0 aliphatic rings. The molecule has 0 aliphatic heterocycles. The SMILES string of the molecule is OCC(Cc1cccc(Cl)c1)Cc1cc(Br)cs1. The molecule has 1 nitrogen and oxygen atoms in total. The van der Waals surface area contributed by atoms with Gasteiger partial charge >= 0.3 is 0 Å². The van der Waals surface area contributed by atoms with Crippen LogP contribution in [0.15, 0.2) is 40.2 Å². The molecule has 0 bridgehead atoms. The summed E-state index contributed by atoms with van der Waals surface area (Å²) in [7, 11) is 0. The van der Waals surface area contributed by atoms with Crippen LogP contribution in [0.1, 0.15) is 10.4 Å². The zero-order valence-electron chi connectivity index (χ0n) is 9.77. The van der Waals surface area contributed by atoms with Crippen molar-refractivity contribution in [2.75, 3.05) is 6.61 Å². The van der Waals surface area contributed by atoms with Crippen LogP contribution in [0.2, 0.25) is 5.02 Å². The highest BCUT2D eigenvalue weighted by Gasteiger charge is 2.11. The lowest BCUT2D eigenvalue weighted by Crippen LogP contribution is -2.12. The molecule has 1 aromatic carbocycles. The van der Waals surface area contributed by atoms with Gasteiger partial charge in [-0.25, -0.2) is 0 Å². The molecular weight excluding hydrogens is 332 g/mol. The first-order valence-electron chi connectivity index (χ1n) is 5.75. The van der Waals surface area contributed by atoms with Crippen molar-refractivity contribution in [3.05, 3.63) is 55.6 Å². The van der Waals surface area contributed by atoms with E-state index in [2.05, 4.69) is 33.4 Å². The van der Waals surface area contributed by atoms with Crippen molar-refractivity contribution in [2.24, 2.45) is 5.92 Å². The molecule has 18 heavy (non-hydrogen) atoms. The Morgan fingerprint density at radius 2 is 2.11 bits per heavy atom. The van der Waals surface area contributed by atoms with Crippen molar-refractivity contribution >= 4 is 38.9 Å². The molecule has 2 aromatic rings. The van der Waals surface area contributed by atoms with E-state index in [1.54, 1.807) is 11.3 Å². The monoisotopic (exact) mass is 344 g/mol. The van der Waals surface area contributed by atoms with E-state index in [9.17, 15) is 5.11 Å². The third-order valence-electron chi connectivity index (χ3n) is 2.78. The summed E-state index contributed by atoms with van der Waals surface area (Å²) in [5, 5.41) is 12.3. The summed E-state index contributed by atoms with van der Waals surface area (Å²) in [6.45, 7) is 0.196. The first kappa shape index (κ1) is 14.1. The van der Waals surface area contributed by atoms with Crippen LogP contribution in [0.3, 0.4) is 0 Å². The molecule has 0 fully saturated rings. The van der Waals surface area contributed by atoms with Crippen molar-refractivity contribution in [3.8, 4) is 0 Å². The molecule has 1 heterocycles. The van der Waals surface area contributed by atoms with E-state index in [0.29, 0.717) is 0 Å². The minimum absolute atomic E-state index is 0.196. The maximum Gasteiger partial charge on any atom is 0.0465 e. The molecule has 0 aliphatic carbocycles. The Balaban J connectivity index is 2.01. The number of hydrogen-bond acceptors (Lipinski definition) is 2. The number of benzene rings is 1. The lowest BCUT2D eigenvalue weighted by Gasteiger charge is -2.13. The fraction of sp³-hybridized carbons (Fsp3) is 0.286. The molecular formula is C14H14BrClOS. The summed E-state index contributed by atoms with van der Waals surface area (Å²) < 4.78 is 1.11. The number of thiophene rings is 1. The van der Waals surface area contributed by atoms with Crippen LogP contribution in [0.5, 0.6) is 0 Å². The molecule has 2 rings (SSSR count). The van der Waals surface area contributed by atoms with Gasteiger partial charge in [-0.2, -0.15) is 0 Å². The van der Waals surface area contributed by atoms with E-state index in [1.807, 2.05) is 18.2 Å². The summed E-state index contributed by atoms with van der Waals surface area (Å²) in [5.74, 6) is 0.244. The minimum Gasteiger partial charge on any atom is -0.396 e. The highest BCUT2D eigenvalue weighted by molar-refractivity contribution is 9.10. The van der Waals surface area contributed by atoms with Crippen LogP contribution in [0.25, 0.3) is 0 Å². The molecule has 0 radical (unpaired) electrons. The summed E-state index contributed by atoms with van der Waals surface area (Å²) in [6.07, 6.45) is 1.76. The van der Waals surface area contributed by atoms with Crippen LogP contribution < -0.4 is 0 Å². The molecule has 0 spiro atoms. The first-order valence-corrected chi connectivity index (χ1v) is 7.80. The predicted octanol–water partition coefficient (Wildman–Crippen LogP) is 4.56. The van der Waals surface area contributed by atoms with Crippen LogP contribution in [0, 0.1) is 5.92 Å². The van der Waals surface area contributed by atoms with Crippen LogP contribution in [-0.4, -0.2) is 11.7 Å². The normalized spacial score (nSPS) is 12.6. The fourth-order valence-electron chi connectivity index (χ4n) is 1.94. The van der Waals surface area contributed by atoms with Gasteiger partial charge in [0.25, 0.3) is 0 Å². The Bertz CT molecular complexity index is 512. The van der Waals surface area contributed by atoms with E-state index in [0.717, 1.165) is 22.3 Å². The van der Waals surface area contributed by atoms with Crippen LogP contribution in [-0.2, 0) is 12.8 Å². The maximum absolute atomic E-state index is 9.48. The summed E-state index contributed by atoms with van der Waals surface area (Å²) >= 11 is 11.1. The second kappa shape index (κ2) is 6.71. The Labute approximate surface area is 125 Å². The topological polar surface area (TPSA) is 20.2 Å². The highest BCUT2D eigenvalue weighted by atomic mass is 79.9. The van der Waals surface area contributed by atoms with E-state index in [-0.39, 0.29) is 12.5 Å². The van der Waals surface area contributed by atoms with Crippen molar-refractivity contribution < 1.29 is 5.11 Å². The van der Waals surface area contributed by atoms with Gasteiger partial charge in [0.15, 0.2) is 0 Å². The Morgan fingerprint density at radius 1 is 1.28 bits per heavy atom. The Hall–Kier alpha value is -0.350. The maximum atomic E-state index is 9.48. The van der Waals surface area contributed by atoms with E-state index in [4.69, 9.17) is 11.6 Å². The first-order chi connectivity index (χ1) is 8.67. The third kappa shape index (κ3) is 4.09. The smallest absolute Gasteiger partial charge is 0.0465 e. The molecule has 1 N–H and O–H groups in total. The summed E-state index contributed by atoms with van der Waals surface area (Å²) in [5.41, 5.74) is 1.18. The van der Waals surface area contributed by atoms with Crippen molar-refractivity contribution in [1.29, 1.82) is 0 Å². The van der Waals surface area contributed by atoms with Gasteiger partial charge in [0.1, 0.15) is 0 Å². The van der Waals surface area contributed by atoms with Gasteiger partial charge in [-0.05, 0) is 58.5 Å². The molecule has 0 saturated heterocycles. The second-order valence-corrected chi connectivity index (χ2v) is 6.67. The minimum atomic E-state index is 0.196. The quantitative estimate of drug-likeness (QED) is 0.842. The zero-order chi connectivity index (χ0) is 13.0. The van der Waals surface area contributed by atoms with Gasteiger partial charge in [-0.1, -0.05) is 23.7 Å². The van der Waals surface area contributed by atoms with Gasteiger partial charge in [0, 0.05) is 26.4 Å². The molecule has 1 aromatic heterocycles. The lowest BCUT2D eigenvalue weighted by molar-refractivity contribution is 0.225. The largest absolute Gasteiger partial charge is 0.396 e. The van der Waals surface area contributed by atoms with Gasteiger partial charge in [0.05, 0.1) is 0 Å². The Kier molecular flexibility index (Phi) is 5.25. The molecule has 96 valence electrons. The number of rotatable bonds is 5. The zero-order valence-corrected chi connectivity index (χ0v) is 12.9. The molecule has 4 heteroatoms. The van der Waals surface area contributed by atoms with Gasteiger partial charge in [0.2, 0.25) is 0 Å². The number of halogens is 2. The number of aliphatic hydroxyl groups is 1. The van der Waals surface area contributed by atoms with Crippen molar-refractivity contribution in [1.82, 2.24) is 0 Å². The van der Waals surface area contributed by atoms with Gasteiger partial charge in [-0.15, -0.1) is 11.3 Å². The fourth-order valence-corrected chi connectivity index (χ4v) is 3.72. The summed E-state index contributed by atoms with van der Waals surface area (Å²) in [6, 6.07) is 9.96. The van der Waals surface area contributed by atoms with Crippen molar-refractivity contribution in [3.63, 3.8) is 0 Å². The molecule has 1 unspecified atom stereocenters. The standard InChI is InChI=1S/C14H14BrClOS/c15-12-7-14(18-9-12)6-11(8-17)4-10-2-1-3-13(16)5-10/h1-3,5,7,9,11,17H,4,6,8H2. The number of hydrogen-bond donors (Lipinski definition) is 1. The summed E-state index contributed by atoms with van der Waals surface area (Å²) in [4.78, 5) is 1.29. The lowest BCUT2D eigenvalue weighted by atomic mass is 9.96. The Morgan fingerprint density at radius 3 is 2.72 bits per heavy atom. The predicted molar refractivity (Wildman–Crippen MR) is 81.5 cm³/mol. The average molecular weight is 346 g/mol. The highest BCUT2D eigenvalue weighted by Crippen LogP contribution is 2.24. The van der Waals surface area contributed by atoms with Gasteiger partial charge in [-0.3, -0.25) is 0 Å². The molecule has 1 atom stereocenters. The van der Waals surface area contributed by atoms with Crippen LogP contribution in [0.4, 0.5) is 0 Å². The second-order valence-electron chi connectivity index (χ2n) is 4.32. The number of aliphatic hydroxyl groups excluding tert-OH is 1. The van der Waals surface area contributed by atoms with Gasteiger partial charge < -0.3 is 5.11 Å². The third-order valence-corrected chi connectivity index (χ3v) is 4.74. The van der Waals surface area contributed by atoms with E-state index < -0.39 is 0 Å².